The Morgan fingerprint density at radius 3 is 2.81 bits per heavy atom. The quantitative estimate of drug-likeness (QED) is 0.559. The molecular weight excluding hydrogens is 464 g/mol. The highest BCUT2D eigenvalue weighted by atomic mass is 19.3. The Morgan fingerprint density at radius 2 is 2.03 bits per heavy atom. The summed E-state index contributed by atoms with van der Waals surface area (Å²) in [5.74, 6) is -2.29. The minimum atomic E-state index is -2.58. The molecule has 0 unspecified atom stereocenters. The van der Waals surface area contributed by atoms with E-state index in [1.807, 2.05) is 0 Å². The molecule has 1 aliphatic carbocycles. The van der Waals surface area contributed by atoms with Gasteiger partial charge in [0.2, 0.25) is 5.92 Å². The van der Waals surface area contributed by atoms with E-state index in [0.717, 1.165) is 25.1 Å². The number of benzene rings is 1. The van der Waals surface area contributed by atoms with Gasteiger partial charge in [-0.3, -0.25) is 4.79 Å². The Kier molecular flexibility index (Phi) is 6.46. The van der Waals surface area contributed by atoms with Gasteiger partial charge in [-0.05, 0) is 68.0 Å². The van der Waals surface area contributed by atoms with Gasteiger partial charge in [0.05, 0.1) is 23.7 Å². The standard InChI is InChI=1S/C26H31F2N7O/c1-16-9-18(10-19-14-34(2)8-5-21(16)19)22-13-30-23(29)24(33-22)35-15-20(12-32-35)25(36)31-11-17-3-6-26(27,28)7-4-17/h9-10,12-13,15,17H,3-8,11,14H2,1-2H3,(H2,29,30)(H,31,36). The molecule has 1 aromatic carbocycles. The van der Waals surface area contributed by atoms with Crippen molar-refractivity contribution in [2.24, 2.45) is 5.92 Å². The summed E-state index contributed by atoms with van der Waals surface area (Å²) in [6, 6.07) is 4.28. The SMILES string of the molecule is Cc1cc(-c2cnc(N)c(-n3cc(C(=O)NCC4CCC(F)(F)CC4)cn3)n2)cc2c1CCN(C)C2. The summed E-state index contributed by atoms with van der Waals surface area (Å²) in [6.07, 6.45) is 6.24. The van der Waals surface area contributed by atoms with E-state index in [1.165, 1.54) is 27.6 Å². The molecule has 2 aromatic heterocycles. The van der Waals surface area contributed by atoms with Gasteiger partial charge in [-0.15, -0.1) is 0 Å². The van der Waals surface area contributed by atoms with E-state index in [9.17, 15) is 13.6 Å². The Balaban J connectivity index is 1.32. The molecule has 3 N–H and O–H groups in total. The molecule has 0 bridgehead atoms. The third kappa shape index (κ3) is 5.09. The number of halogens is 2. The zero-order valence-electron chi connectivity index (χ0n) is 20.6. The first kappa shape index (κ1) is 24.3. The van der Waals surface area contributed by atoms with Gasteiger partial charge >= 0.3 is 0 Å². The van der Waals surface area contributed by atoms with Gasteiger partial charge in [-0.25, -0.2) is 23.4 Å². The van der Waals surface area contributed by atoms with Crippen molar-refractivity contribution in [3.8, 4) is 17.1 Å². The highest BCUT2D eigenvalue weighted by Crippen LogP contribution is 2.35. The van der Waals surface area contributed by atoms with E-state index < -0.39 is 5.92 Å². The fourth-order valence-electron chi connectivity index (χ4n) is 5.10. The zero-order chi connectivity index (χ0) is 25.4. The maximum absolute atomic E-state index is 13.4. The molecule has 1 fully saturated rings. The van der Waals surface area contributed by atoms with Gasteiger partial charge in [-0.1, -0.05) is 0 Å². The van der Waals surface area contributed by atoms with Crippen molar-refractivity contribution < 1.29 is 13.6 Å². The van der Waals surface area contributed by atoms with Crippen LogP contribution in [-0.2, 0) is 13.0 Å². The van der Waals surface area contributed by atoms with Gasteiger partial charge in [-0.2, -0.15) is 5.10 Å². The minimum Gasteiger partial charge on any atom is -0.381 e. The summed E-state index contributed by atoms with van der Waals surface area (Å²) >= 11 is 0. The molecule has 0 atom stereocenters. The van der Waals surface area contributed by atoms with Crippen molar-refractivity contribution in [3.63, 3.8) is 0 Å². The van der Waals surface area contributed by atoms with Gasteiger partial charge < -0.3 is 16.0 Å². The van der Waals surface area contributed by atoms with Crippen LogP contribution in [-0.4, -0.2) is 56.6 Å². The molecule has 0 saturated heterocycles. The number of alkyl halides is 2. The maximum atomic E-state index is 13.4. The Morgan fingerprint density at radius 1 is 1.25 bits per heavy atom. The van der Waals surface area contributed by atoms with Crippen molar-refractivity contribution in [2.45, 2.75) is 51.5 Å². The summed E-state index contributed by atoms with van der Waals surface area (Å²) in [6.45, 7) is 4.42. The van der Waals surface area contributed by atoms with E-state index in [0.29, 0.717) is 36.5 Å². The number of anilines is 1. The topological polar surface area (TPSA) is 102 Å². The lowest BCUT2D eigenvalue weighted by molar-refractivity contribution is -0.0452. The molecule has 10 heteroatoms. The lowest BCUT2D eigenvalue weighted by Crippen LogP contribution is -2.33. The van der Waals surface area contributed by atoms with E-state index in [-0.39, 0.29) is 30.5 Å². The number of aromatic nitrogens is 4. The summed E-state index contributed by atoms with van der Waals surface area (Å²) < 4.78 is 28.2. The number of carbonyl (C=O) groups excluding carboxylic acids is 1. The lowest BCUT2D eigenvalue weighted by atomic mass is 9.87. The largest absolute Gasteiger partial charge is 0.381 e. The molecule has 8 nitrogen and oxygen atoms in total. The number of nitrogens with zero attached hydrogens (tertiary/aromatic N) is 5. The van der Waals surface area contributed by atoms with Crippen molar-refractivity contribution in [1.29, 1.82) is 0 Å². The Labute approximate surface area is 208 Å². The number of hydrogen-bond donors (Lipinski definition) is 2. The van der Waals surface area contributed by atoms with Gasteiger partial charge in [0.15, 0.2) is 11.6 Å². The summed E-state index contributed by atoms with van der Waals surface area (Å²) in [7, 11) is 2.12. The number of hydrogen-bond acceptors (Lipinski definition) is 6. The number of aryl methyl sites for hydroxylation is 1. The summed E-state index contributed by atoms with van der Waals surface area (Å²) in [5, 5.41) is 7.13. The van der Waals surface area contributed by atoms with E-state index in [4.69, 9.17) is 10.7 Å². The normalized spacial score (nSPS) is 18.1. The zero-order valence-corrected chi connectivity index (χ0v) is 20.6. The van der Waals surface area contributed by atoms with Crippen molar-refractivity contribution in [1.82, 2.24) is 30.0 Å². The molecule has 36 heavy (non-hydrogen) atoms. The lowest BCUT2D eigenvalue weighted by Gasteiger charge is -2.28. The minimum absolute atomic E-state index is 0.0571. The second kappa shape index (κ2) is 9.57. The van der Waals surface area contributed by atoms with E-state index >= 15 is 0 Å². The second-order valence-electron chi connectivity index (χ2n) is 10.1. The third-order valence-electron chi connectivity index (χ3n) is 7.28. The molecule has 190 valence electrons. The highest BCUT2D eigenvalue weighted by Gasteiger charge is 2.34. The Hall–Kier alpha value is -3.40. The van der Waals surface area contributed by atoms with Crippen LogP contribution in [0.4, 0.5) is 14.6 Å². The average Bonchev–Trinajstić information content (AvgIpc) is 3.33. The van der Waals surface area contributed by atoms with Crippen LogP contribution in [0.1, 0.15) is 52.7 Å². The first-order valence-electron chi connectivity index (χ1n) is 12.3. The molecule has 1 saturated carbocycles. The molecule has 5 rings (SSSR count). The number of fused-ring (bicyclic) bond motifs is 1. The number of amides is 1. The average molecular weight is 496 g/mol. The second-order valence-corrected chi connectivity index (χ2v) is 10.1. The number of likely N-dealkylation sites (N-methyl/N-ethyl adjacent to an activating group) is 1. The van der Waals surface area contributed by atoms with Crippen LogP contribution in [0.3, 0.4) is 0 Å². The number of nitrogens with two attached hydrogens (primary N) is 1. The fourth-order valence-corrected chi connectivity index (χ4v) is 5.10. The van der Waals surface area contributed by atoms with Crippen LogP contribution >= 0.6 is 0 Å². The molecule has 3 aromatic rings. The van der Waals surface area contributed by atoms with E-state index in [1.54, 1.807) is 12.4 Å². The fraction of sp³-hybridized carbons (Fsp3) is 0.462. The van der Waals surface area contributed by atoms with Gasteiger partial charge in [0.1, 0.15) is 0 Å². The van der Waals surface area contributed by atoms with Crippen molar-refractivity contribution in [3.05, 3.63) is 53.0 Å². The summed E-state index contributed by atoms with van der Waals surface area (Å²) in [4.78, 5) is 24.0. The molecule has 0 spiro atoms. The Bertz CT molecular complexity index is 1280. The van der Waals surface area contributed by atoms with Crippen LogP contribution in [0, 0.1) is 12.8 Å². The highest BCUT2D eigenvalue weighted by molar-refractivity contribution is 5.93. The molecule has 1 amide bonds. The first-order valence-corrected chi connectivity index (χ1v) is 12.3. The molecular formula is C26H31F2N7O. The van der Waals surface area contributed by atoms with Gasteiger partial charge in [0.25, 0.3) is 5.91 Å². The van der Waals surface area contributed by atoms with Crippen LogP contribution < -0.4 is 11.1 Å². The van der Waals surface area contributed by atoms with Gasteiger partial charge in [0, 0.05) is 44.2 Å². The van der Waals surface area contributed by atoms with Crippen LogP contribution in [0.5, 0.6) is 0 Å². The van der Waals surface area contributed by atoms with Crippen LogP contribution in [0.2, 0.25) is 0 Å². The monoisotopic (exact) mass is 495 g/mol. The number of nitrogen functional groups attached to an aromatic ring is 1. The van der Waals surface area contributed by atoms with Crippen LogP contribution in [0.15, 0.2) is 30.7 Å². The third-order valence-corrected chi connectivity index (χ3v) is 7.28. The maximum Gasteiger partial charge on any atom is 0.254 e. The van der Waals surface area contributed by atoms with Crippen molar-refractivity contribution in [2.75, 3.05) is 25.9 Å². The molecule has 3 heterocycles. The molecule has 1 aliphatic heterocycles. The number of nitrogens with one attached hydrogen (secondary N) is 1. The molecule has 2 aliphatic rings. The summed E-state index contributed by atoms with van der Waals surface area (Å²) in [5.41, 5.74) is 12.0. The number of rotatable bonds is 5. The first-order chi connectivity index (χ1) is 17.2. The molecule has 0 radical (unpaired) electrons. The predicted octanol–water partition coefficient (Wildman–Crippen LogP) is 3.76. The smallest absolute Gasteiger partial charge is 0.254 e. The van der Waals surface area contributed by atoms with Crippen LogP contribution in [0.25, 0.3) is 17.1 Å². The number of carbonyl (C=O) groups is 1. The van der Waals surface area contributed by atoms with E-state index in [2.05, 4.69) is 46.4 Å². The predicted molar refractivity (Wildman–Crippen MR) is 133 cm³/mol. The van der Waals surface area contributed by atoms with Crippen molar-refractivity contribution >= 4 is 11.7 Å².